The molecule has 0 radical (unpaired) electrons. The summed E-state index contributed by atoms with van der Waals surface area (Å²) in [5.41, 5.74) is 2.68. The second-order valence-corrected chi connectivity index (χ2v) is 2.71. The number of aryl methyl sites for hydroxylation is 3. The summed E-state index contributed by atoms with van der Waals surface area (Å²) in [6.07, 6.45) is 0.857. The smallest absolute Gasteiger partial charge is 0.139 e. The monoisotopic (exact) mass is 151 g/mol. The van der Waals surface area contributed by atoms with E-state index in [9.17, 15) is 5.11 Å². The predicted octanol–water partition coefficient (Wildman–Crippen LogP) is 1.97. The van der Waals surface area contributed by atoms with Crippen LogP contribution in [0.3, 0.4) is 0 Å². The fourth-order valence-electron chi connectivity index (χ4n) is 1.17. The van der Waals surface area contributed by atoms with Crippen LogP contribution in [0.15, 0.2) is 6.07 Å². The second kappa shape index (κ2) is 2.91. The summed E-state index contributed by atoms with van der Waals surface area (Å²) in [6.45, 7) is 5.78. The number of hydrogen-bond donors (Lipinski definition) is 1. The van der Waals surface area contributed by atoms with Gasteiger partial charge in [0.1, 0.15) is 5.75 Å². The van der Waals surface area contributed by atoms with Crippen molar-refractivity contribution in [1.82, 2.24) is 4.98 Å². The third-order valence-corrected chi connectivity index (χ3v) is 1.75. The predicted molar refractivity (Wildman–Crippen MR) is 44.8 cm³/mol. The summed E-state index contributed by atoms with van der Waals surface area (Å²) in [7, 11) is 0. The van der Waals surface area contributed by atoms with E-state index in [1.807, 2.05) is 26.8 Å². The second-order valence-electron chi connectivity index (χ2n) is 2.71. The molecule has 0 unspecified atom stereocenters. The summed E-state index contributed by atoms with van der Waals surface area (Å²) in [6, 6.07) is 1.92. The van der Waals surface area contributed by atoms with Gasteiger partial charge in [-0.2, -0.15) is 0 Å². The molecule has 0 bridgehead atoms. The van der Waals surface area contributed by atoms with Crippen molar-refractivity contribution in [2.45, 2.75) is 27.2 Å². The molecule has 0 saturated carbocycles. The van der Waals surface area contributed by atoms with Crippen LogP contribution in [0, 0.1) is 13.8 Å². The van der Waals surface area contributed by atoms with E-state index in [-0.39, 0.29) is 0 Å². The molecule has 1 aromatic heterocycles. The fraction of sp³-hybridized carbons (Fsp3) is 0.444. The average Bonchev–Trinajstić information content (AvgIpc) is 1.96. The Bertz CT molecular complexity index is 269. The minimum Gasteiger partial charge on any atom is -0.506 e. The van der Waals surface area contributed by atoms with Crippen molar-refractivity contribution in [1.29, 1.82) is 0 Å². The Balaban J connectivity index is 3.24. The molecule has 60 valence electrons. The zero-order valence-electron chi connectivity index (χ0n) is 7.18. The SMILES string of the molecule is CCc1cc(C)nc(C)c1O. The largest absolute Gasteiger partial charge is 0.506 e. The quantitative estimate of drug-likeness (QED) is 0.665. The normalized spacial score (nSPS) is 10.1. The minimum atomic E-state index is 0.345. The maximum Gasteiger partial charge on any atom is 0.139 e. The highest BCUT2D eigenvalue weighted by atomic mass is 16.3. The lowest BCUT2D eigenvalue weighted by molar-refractivity contribution is 0.460. The first-order chi connectivity index (χ1) is 5.15. The maximum atomic E-state index is 9.46. The van der Waals surface area contributed by atoms with Crippen LogP contribution in [-0.2, 0) is 6.42 Å². The van der Waals surface area contributed by atoms with E-state index >= 15 is 0 Å². The van der Waals surface area contributed by atoms with Crippen molar-refractivity contribution in [2.75, 3.05) is 0 Å². The molecule has 2 heteroatoms. The van der Waals surface area contributed by atoms with Crippen molar-refractivity contribution < 1.29 is 5.11 Å². The molecular weight excluding hydrogens is 138 g/mol. The summed E-state index contributed by atoms with van der Waals surface area (Å²) in [4.78, 5) is 4.13. The molecule has 0 spiro atoms. The number of nitrogens with zero attached hydrogens (tertiary/aromatic N) is 1. The van der Waals surface area contributed by atoms with E-state index < -0.39 is 0 Å². The zero-order valence-corrected chi connectivity index (χ0v) is 7.18. The molecule has 1 N–H and O–H groups in total. The van der Waals surface area contributed by atoms with Gasteiger partial charge in [0, 0.05) is 5.69 Å². The highest BCUT2D eigenvalue weighted by molar-refractivity contribution is 5.36. The van der Waals surface area contributed by atoms with Crippen molar-refractivity contribution in [3.8, 4) is 5.75 Å². The molecule has 11 heavy (non-hydrogen) atoms. The summed E-state index contributed by atoms with van der Waals surface area (Å²) in [5.74, 6) is 0.345. The lowest BCUT2D eigenvalue weighted by atomic mass is 10.1. The van der Waals surface area contributed by atoms with E-state index in [2.05, 4.69) is 4.98 Å². The molecule has 0 aliphatic rings. The first-order valence-corrected chi connectivity index (χ1v) is 3.81. The van der Waals surface area contributed by atoms with E-state index in [0.717, 1.165) is 23.4 Å². The van der Waals surface area contributed by atoms with E-state index in [0.29, 0.717) is 5.75 Å². The van der Waals surface area contributed by atoms with Gasteiger partial charge in [0.25, 0.3) is 0 Å². The first-order valence-electron chi connectivity index (χ1n) is 3.81. The summed E-state index contributed by atoms with van der Waals surface area (Å²) < 4.78 is 0. The van der Waals surface area contributed by atoms with Gasteiger partial charge in [0.2, 0.25) is 0 Å². The molecule has 0 aliphatic heterocycles. The van der Waals surface area contributed by atoms with Gasteiger partial charge in [-0.15, -0.1) is 0 Å². The van der Waals surface area contributed by atoms with Gasteiger partial charge in [-0.3, -0.25) is 4.98 Å². The van der Waals surface area contributed by atoms with Crippen LogP contribution in [0.4, 0.5) is 0 Å². The number of rotatable bonds is 1. The molecule has 0 aliphatic carbocycles. The molecule has 0 fully saturated rings. The Labute approximate surface area is 66.9 Å². The molecule has 2 nitrogen and oxygen atoms in total. The van der Waals surface area contributed by atoms with Crippen LogP contribution in [0.25, 0.3) is 0 Å². The van der Waals surface area contributed by atoms with Gasteiger partial charge < -0.3 is 5.11 Å². The first kappa shape index (κ1) is 8.05. The van der Waals surface area contributed by atoms with Crippen molar-refractivity contribution >= 4 is 0 Å². The minimum absolute atomic E-state index is 0.345. The van der Waals surface area contributed by atoms with Crippen LogP contribution in [0.5, 0.6) is 5.75 Å². The van der Waals surface area contributed by atoms with Crippen molar-refractivity contribution in [3.63, 3.8) is 0 Å². The molecular formula is C9H13NO. The number of hydrogen-bond acceptors (Lipinski definition) is 2. The highest BCUT2D eigenvalue weighted by Crippen LogP contribution is 2.20. The molecule has 0 amide bonds. The van der Waals surface area contributed by atoms with Gasteiger partial charge in [-0.1, -0.05) is 6.92 Å². The van der Waals surface area contributed by atoms with E-state index in [1.54, 1.807) is 0 Å². The van der Waals surface area contributed by atoms with Gasteiger partial charge >= 0.3 is 0 Å². The molecule has 1 aromatic rings. The van der Waals surface area contributed by atoms with E-state index in [4.69, 9.17) is 0 Å². The van der Waals surface area contributed by atoms with Crippen LogP contribution >= 0.6 is 0 Å². The third-order valence-electron chi connectivity index (χ3n) is 1.75. The summed E-state index contributed by atoms with van der Waals surface area (Å²) >= 11 is 0. The Hall–Kier alpha value is -1.05. The van der Waals surface area contributed by atoms with Crippen LogP contribution in [0.2, 0.25) is 0 Å². The Morgan fingerprint density at radius 1 is 1.45 bits per heavy atom. The average molecular weight is 151 g/mol. The third kappa shape index (κ3) is 1.50. The standard InChI is InChI=1S/C9H13NO/c1-4-8-5-6(2)10-7(3)9(8)11/h5,11H,4H2,1-3H3. The maximum absolute atomic E-state index is 9.46. The van der Waals surface area contributed by atoms with Crippen LogP contribution < -0.4 is 0 Å². The fourth-order valence-corrected chi connectivity index (χ4v) is 1.17. The van der Waals surface area contributed by atoms with Crippen LogP contribution in [0.1, 0.15) is 23.9 Å². The number of aromatic hydroxyl groups is 1. The molecule has 0 aromatic carbocycles. The number of pyridine rings is 1. The van der Waals surface area contributed by atoms with Gasteiger partial charge in [0.15, 0.2) is 0 Å². The molecule has 1 rings (SSSR count). The topological polar surface area (TPSA) is 33.1 Å². The molecule has 0 saturated heterocycles. The Kier molecular flexibility index (Phi) is 2.13. The lowest BCUT2D eigenvalue weighted by Gasteiger charge is -2.04. The van der Waals surface area contributed by atoms with Gasteiger partial charge in [-0.05, 0) is 31.9 Å². The molecule has 1 heterocycles. The van der Waals surface area contributed by atoms with Gasteiger partial charge in [-0.25, -0.2) is 0 Å². The van der Waals surface area contributed by atoms with Crippen molar-refractivity contribution in [2.24, 2.45) is 0 Å². The Morgan fingerprint density at radius 2 is 2.09 bits per heavy atom. The highest BCUT2D eigenvalue weighted by Gasteiger charge is 2.03. The van der Waals surface area contributed by atoms with E-state index in [1.165, 1.54) is 0 Å². The zero-order chi connectivity index (χ0) is 8.43. The number of aromatic nitrogens is 1. The van der Waals surface area contributed by atoms with Crippen LogP contribution in [-0.4, -0.2) is 10.1 Å². The summed E-state index contributed by atoms with van der Waals surface area (Å²) in [5, 5.41) is 9.46. The van der Waals surface area contributed by atoms with Crippen molar-refractivity contribution in [3.05, 3.63) is 23.0 Å². The Morgan fingerprint density at radius 3 is 2.64 bits per heavy atom. The lowest BCUT2D eigenvalue weighted by Crippen LogP contribution is -1.91. The van der Waals surface area contributed by atoms with Gasteiger partial charge in [0.05, 0.1) is 5.69 Å². The molecule has 0 atom stereocenters.